The smallest absolute Gasteiger partial charge is 0.259 e. The summed E-state index contributed by atoms with van der Waals surface area (Å²) in [6.45, 7) is 0. The number of aromatic hydroxyl groups is 1. The van der Waals surface area contributed by atoms with E-state index in [4.69, 9.17) is 5.73 Å². The molecule has 0 saturated carbocycles. The highest BCUT2D eigenvalue weighted by Gasteiger charge is 2.13. The summed E-state index contributed by atoms with van der Waals surface area (Å²) in [5, 5.41) is 13.5. The molecule has 0 aliphatic heterocycles. The van der Waals surface area contributed by atoms with E-state index in [1.165, 1.54) is 12.1 Å². The Kier molecular flexibility index (Phi) is 3.16. The van der Waals surface area contributed by atoms with Crippen LogP contribution >= 0.6 is 0 Å². The van der Waals surface area contributed by atoms with Crippen molar-refractivity contribution in [2.24, 2.45) is 0 Å². The third kappa shape index (κ3) is 2.49. The molecule has 0 saturated heterocycles. The van der Waals surface area contributed by atoms with Gasteiger partial charge in [0, 0.05) is 17.3 Å². The fourth-order valence-corrected chi connectivity index (χ4v) is 2.10. The van der Waals surface area contributed by atoms with Gasteiger partial charge in [-0.1, -0.05) is 12.1 Å². The molecule has 4 N–H and O–H groups in total. The number of amides is 1. The van der Waals surface area contributed by atoms with Crippen molar-refractivity contribution in [3.8, 4) is 5.75 Å². The van der Waals surface area contributed by atoms with Gasteiger partial charge < -0.3 is 16.2 Å². The second-order valence-corrected chi connectivity index (χ2v) is 4.61. The highest BCUT2D eigenvalue weighted by atomic mass is 16.3. The number of fused-ring (bicyclic) bond motifs is 1. The number of phenols is 1. The summed E-state index contributed by atoms with van der Waals surface area (Å²) in [5.74, 6) is -0.625. The van der Waals surface area contributed by atoms with Crippen molar-refractivity contribution in [2.45, 2.75) is 0 Å². The molecule has 0 aliphatic rings. The fourth-order valence-electron chi connectivity index (χ4n) is 2.10. The number of hydrogen-bond acceptors (Lipinski definition) is 4. The van der Waals surface area contributed by atoms with Crippen LogP contribution in [0, 0.1) is 0 Å². The molecule has 5 nitrogen and oxygen atoms in total. The molecule has 21 heavy (non-hydrogen) atoms. The third-order valence-electron chi connectivity index (χ3n) is 3.17. The molecule has 1 heterocycles. The van der Waals surface area contributed by atoms with Crippen LogP contribution in [0.5, 0.6) is 5.75 Å². The molecule has 0 bridgehead atoms. The first-order valence-electron chi connectivity index (χ1n) is 6.39. The highest BCUT2D eigenvalue weighted by molar-refractivity contribution is 6.07. The van der Waals surface area contributed by atoms with E-state index in [2.05, 4.69) is 10.3 Å². The van der Waals surface area contributed by atoms with Crippen molar-refractivity contribution in [1.82, 2.24) is 4.98 Å². The second-order valence-electron chi connectivity index (χ2n) is 4.61. The van der Waals surface area contributed by atoms with E-state index in [9.17, 15) is 9.90 Å². The van der Waals surface area contributed by atoms with Crippen molar-refractivity contribution in [2.75, 3.05) is 11.1 Å². The quantitative estimate of drug-likeness (QED) is 0.497. The van der Waals surface area contributed by atoms with Gasteiger partial charge in [-0.15, -0.1) is 0 Å². The standard InChI is InChI=1S/C16H13N3O2/c17-13-5-1-4-12(15(13)20)16(21)19-11-6-7-14-10(9-11)3-2-8-18-14/h1-9,20H,17H2,(H,19,21). The van der Waals surface area contributed by atoms with Crippen molar-refractivity contribution < 1.29 is 9.90 Å². The first-order chi connectivity index (χ1) is 10.1. The molecule has 0 radical (unpaired) electrons. The zero-order valence-electron chi connectivity index (χ0n) is 11.1. The Hall–Kier alpha value is -3.08. The minimum atomic E-state index is -0.414. The van der Waals surface area contributed by atoms with Gasteiger partial charge in [0.15, 0.2) is 5.75 Å². The molecule has 0 atom stereocenters. The number of rotatable bonds is 2. The third-order valence-corrected chi connectivity index (χ3v) is 3.17. The van der Waals surface area contributed by atoms with Gasteiger partial charge in [0.05, 0.1) is 16.8 Å². The number of phenolic OH excluding ortho intramolecular Hbond substituents is 1. The maximum Gasteiger partial charge on any atom is 0.259 e. The normalized spacial score (nSPS) is 10.5. The second kappa shape index (κ2) is 5.13. The number of nitrogens with two attached hydrogens (primary N) is 1. The molecular weight excluding hydrogens is 266 g/mol. The van der Waals surface area contributed by atoms with Crippen LogP contribution in [0.1, 0.15) is 10.4 Å². The lowest BCUT2D eigenvalue weighted by Gasteiger charge is -2.08. The number of anilines is 2. The minimum Gasteiger partial charge on any atom is -0.505 e. The monoisotopic (exact) mass is 279 g/mol. The van der Waals surface area contributed by atoms with Crippen LogP contribution < -0.4 is 11.1 Å². The van der Waals surface area contributed by atoms with E-state index >= 15 is 0 Å². The van der Waals surface area contributed by atoms with Crippen molar-refractivity contribution in [1.29, 1.82) is 0 Å². The van der Waals surface area contributed by atoms with E-state index in [-0.39, 0.29) is 17.0 Å². The van der Waals surface area contributed by atoms with E-state index in [1.54, 1.807) is 18.3 Å². The van der Waals surface area contributed by atoms with Gasteiger partial charge in [0.2, 0.25) is 0 Å². The van der Waals surface area contributed by atoms with Crippen LogP contribution in [-0.2, 0) is 0 Å². The Bertz CT molecular complexity index is 831. The summed E-state index contributed by atoms with van der Waals surface area (Å²) in [4.78, 5) is 16.4. The lowest BCUT2D eigenvalue weighted by molar-refractivity contribution is 0.102. The Morgan fingerprint density at radius 2 is 2.00 bits per heavy atom. The van der Waals surface area contributed by atoms with Crippen LogP contribution in [0.4, 0.5) is 11.4 Å². The molecule has 5 heteroatoms. The van der Waals surface area contributed by atoms with Gasteiger partial charge >= 0.3 is 0 Å². The summed E-state index contributed by atoms with van der Waals surface area (Å²) >= 11 is 0. The molecule has 2 aromatic carbocycles. The number of hydrogen-bond donors (Lipinski definition) is 3. The van der Waals surface area contributed by atoms with E-state index in [0.29, 0.717) is 5.69 Å². The van der Waals surface area contributed by atoms with E-state index < -0.39 is 5.91 Å². The van der Waals surface area contributed by atoms with Gasteiger partial charge in [0.1, 0.15) is 0 Å². The lowest BCUT2D eigenvalue weighted by atomic mass is 10.1. The van der Waals surface area contributed by atoms with Gasteiger partial charge in [-0.2, -0.15) is 0 Å². The maximum atomic E-state index is 12.2. The van der Waals surface area contributed by atoms with Crippen molar-refractivity contribution >= 4 is 28.2 Å². The minimum absolute atomic E-state index is 0.140. The maximum absolute atomic E-state index is 12.2. The number of aromatic nitrogens is 1. The van der Waals surface area contributed by atoms with Crippen LogP contribution in [0.15, 0.2) is 54.7 Å². The number of benzene rings is 2. The number of carbonyl (C=O) groups excluding carboxylic acids is 1. The molecule has 1 aromatic heterocycles. The molecule has 3 rings (SSSR count). The number of carbonyl (C=O) groups is 1. The summed E-state index contributed by atoms with van der Waals surface area (Å²) in [6, 6.07) is 13.8. The summed E-state index contributed by atoms with van der Waals surface area (Å²) < 4.78 is 0. The SMILES string of the molecule is Nc1cccc(C(=O)Nc2ccc3ncccc3c2)c1O. The summed E-state index contributed by atoms with van der Waals surface area (Å²) in [7, 11) is 0. The highest BCUT2D eigenvalue weighted by Crippen LogP contribution is 2.25. The van der Waals surface area contributed by atoms with Crippen LogP contribution in [0.2, 0.25) is 0 Å². The number of nitrogens with one attached hydrogen (secondary N) is 1. The Morgan fingerprint density at radius 3 is 2.86 bits per heavy atom. The van der Waals surface area contributed by atoms with E-state index in [1.807, 2.05) is 24.3 Å². The number of nitrogens with zero attached hydrogens (tertiary/aromatic N) is 1. The zero-order valence-corrected chi connectivity index (χ0v) is 11.1. The predicted octanol–water partition coefficient (Wildman–Crippen LogP) is 2.77. The summed E-state index contributed by atoms with van der Waals surface area (Å²) in [6.07, 6.45) is 1.71. The Labute approximate surface area is 121 Å². The Balaban J connectivity index is 1.91. The largest absolute Gasteiger partial charge is 0.505 e. The van der Waals surface area contributed by atoms with Gasteiger partial charge in [-0.3, -0.25) is 9.78 Å². The van der Waals surface area contributed by atoms with Crippen molar-refractivity contribution in [3.63, 3.8) is 0 Å². The van der Waals surface area contributed by atoms with Crippen LogP contribution in [-0.4, -0.2) is 16.0 Å². The molecule has 1 amide bonds. The molecule has 3 aromatic rings. The molecule has 0 aliphatic carbocycles. The zero-order chi connectivity index (χ0) is 14.8. The first kappa shape index (κ1) is 12.9. The van der Waals surface area contributed by atoms with Crippen LogP contribution in [0.25, 0.3) is 10.9 Å². The number of para-hydroxylation sites is 1. The van der Waals surface area contributed by atoms with Gasteiger partial charge in [0.25, 0.3) is 5.91 Å². The molecule has 0 fully saturated rings. The van der Waals surface area contributed by atoms with Gasteiger partial charge in [-0.05, 0) is 36.4 Å². The predicted molar refractivity (Wildman–Crippen MR) is 82.2 cm³/mol. The number of nitrogen functional groups attached to an aromatic ring is 1. The number of pyridine rings is 1. The molecule has 0 spiro atoms. The fraction of sp³-hybridized carbons (Fsp3) is 0. The van der Waals surface area contributed by atoms with Crippen LogP contribution in [0.3, 0.4) is 0 Å². The van der Waals surface area contributed by atoms with Crippen molar-refractivity contribution in [3.05, 3.63) is 60.3 Å². The van der Waals surface area contributed by atoms with E-state index in [0.717, 1.165) is 10.9 Å². The molecular formula is C16H13N3O2. The summed E-state index contributed by atoms with van der Waals surface area (Å²) in [5.41, 5.74) is 7.38. The Morgan fingerprint density at radius 1 is 1.14 bits per heavy atom. The first-order valence-corrected chi connectivity index (χ1v) is 6.39. The topological polar surface area (TPSA) is 88.2 Å². The molecule has 104 valence electrons. The van der Waals surface area contributed by atoms with Gasteiger partial charge in [-0.25, -0.2) is 0 Å². The average Bonchev–Trinajstić information content (AvgIpc) is 2.50. The lowest BCUT2D eigenvalue weighted by Crippen LogP contribution is -2.12. The molecule has 0 unspecified atom stereocenters. The average molecular weight is 279 g/mol.